The van der Waals surface area contributed by atoms with E-state index in [0.29, 0.717) is 12.2 Å². The lowest BCUT2D eigenvalue weighted by atomic mass is 10.1. The van der Waals surface area contributed by atoms with Gasteiger partial charge in [0.05, 0.1) is 0 Å². The van der Waals surface area contributed by atoms with Crippen LogP contribution in [0.15, 0.2) is 54.6 Å². The van der Waals surface area contributed by atoms with Crippen LogP contribution in [0.3, 0.4) is 0 Å². The molecule has 20 heavy (non-hydrogen) atoms. The molecule has 0 saturated heterocycles. The van der Waals surface area contributed by atoms with Gasteiger partial charge in [0.2, 0.25) is 0 Å². The number of fused-ring (bicyclic) bond motifs is 1. The summed E-state index contributed by atoms with van der Waals surface area (Å²) in [5, 5.41) is 2.95. The number of Topliss-reactive ketones (excluding diaryl/α,β-unsaturated/α-hetero) is 1. The molecular weight excluding hydrogens is 260 g/mol. The summed E-state index contributed by atoms with van der Waals surface area (Å²) in [6.07, 6.45) is 2.39. The van der Waals surface area contributed by atoms with Crippen LogP contribution in [0.2, 0.25) is 12.6 Å². The van der Waals surface area contributed by atoms with E-state index in [1.165, 1.54) is 22.0 Å². The maximum absolute atomic E-state index is 12.0. The van der Waals surface area contributed by atoms with E-state index in [-0.39, 0.29) is 0 Å². The van der Waals surface area contributed by atoms with Crippen LogP contribution in [0.1, 0.15) is 18.4 Å². The minimum Gasteiger partial charge on any atom is -0.299 e. The third kappa shape index (κ3) is 2.36. The van der Waals surface area contributed by atoms with E-state index in [9.17, 15) is 4.79 Å². The van der Waals surface area contributed by atoms with Gasteiger partial charge in [-0.15, -0.1) is 0 Å². The first-order valence-electron chi connectivity index (χ1n) is 7.36. The zero-order chi connectivity index (χ0) is 14.0. The van der Waals surface area contributed by atoms with E-state index in [1.807, 2.05) is 0 Å². The van der Waals surface area contributed by atoms with Crippen molar-refractivity contribution in [2.75, 3.05) is 0 Å². The molecule has 0 saturated carbocycles. The number of hydrogen-bond donors (Lipinski definition) is 0. The Morgan fingerprint density at radius 1 is 0.950 bits per heavy atom. The first-order chi connectivity index (χ1) is 9.70. The van der Waals surface area contributed by atoms with E-state index < -0.39 is 8.07 Å². The average molecular weight is 280 g/mol. The Morgan fingerprint density at radius 3 is 2.45 bits per heavy atom. The Bertz CT molecular complexity index is 620. The number of carbonyl (C=O) groups is 1. The van der Waals surface area contributed by atoms with E-state index in [4.69, 9.17) is 0 Å². The highest BCUT2D eigenvalue weighted by Crippen LogP contribution is 2.20. The molecule has 0 aromatic heterocycles. The zero-order valence-corrected chi connectivity index (χ0v) is 12.9. The molecule has 0 N–H and O–H groups in total. The molecule has 102 valence electrons. The van der Waals surface area contributed by atoms with Crippen LogP contribution in [-0.4, -0.2) is 13.9 Å². The van der Waals surface area contributed by atoms with Gasteiger partial charge in [-0.3, -0.25) is 4.79 Å². The standard InChI is InChI=1S/C18H20OSi/c1-20(17-10-3-2-4-11-17)13-7-9-16(19)14-15-8-5-6-12-18(15)20/h2-6,8,10-12H,7,9,13-14H2,1H3. The maximum atomic E-state index is 12.0. The van der Waals surface area contributed by atoms with E-state index in [2.05, 4.69) is 61.1 Å². The molecule has 1 atom stereocenters. The van der Waals surface area contributed by atoms with Crippen molar-refractivity contribution in [3.8, 4) is 0 Å². The second kappa shape index (κ2) is 5.37. The number of rotatable bonds is 1. The summed E-state index contributed by atoms with van der Waals surface area (Å²) in [6, 6.07) is 20.7. The molecule has 2 aromatic carbocycles. The summed E-state index contributed by atoms with van der Waals surface area (Å²) in [7, 11) is -1.70. The van der Waals surface area contributed by atoms with Crippen LogP contribution in [-0.2, 0) is 11.2 Å². The van der Waals surface area contributed by atoms with Gasteiger partial charge in [-0.05, 0) is 18.0 Å². The van der Waals surface area contributed by atoms with Crippen LogP contribution in [0.4, 0.5) is 0 Å². The second-order valence-electron chi connectivity index (χ2n) is 5.92. The summed E-state index contributed by atoms with van der Waals surface area (Å²) >= 11 is 0. The Hall–Kier alpha value is -1.67. The lowest BCUT2D eigenvalue weighted by Gasteiger charge is -2.32. The summed E-state index contributed by atoms with van der Waals surface area (Å²) < 4.78 is 0. The molecule has 0 radical (unpaired) electrons. The van der Waals surface area contributed by atoms with Crippen molar-refractivity contribution >= 4 is 24.2 Å². The van der Waals surface area contributed by atoms with Gasteiger partial charge < -0.3 is 0 Å². The molecule has 2 heteroatoms. The molecule has 0 bridgehead atoms. The van der Waals surface area contributed by atoms with Crippen molar-refractivity contribution in [3.63, 3.8) is 0 Å². The largest absolute Gasteiger partial charge is 0.299 e. The summed E-state index contributed by atoms with van der Waals surface area (Å²) in [5.74, 6) is 0.390. The van der Waals surface area contributed by atoms with Crippen LogP contribution >= 0.6 is 0 Å². The first kappa shape index (κ1) is 13.3. The van der Waals surface area contributed by atoms with Crippen molar-refractivity contribution in [1.82, 2.24) is 0 Å². The molecule has 1 aliphatic rings. The van der Waals surface area contributed by atoms with E-state index >= 15 is 0 Å². The number of benzene rings is 2. The molecule has 1 heterocycles. The predicted molar refractivity (Wildman–Crippen MR) is 86.5 cm³/mol. The molecular formula is C18H20OSi. The Balaban J connectivity index is 2.16. The van der Waals surface area contributed by atoms with Crippen molar-refractivity contribution in [2.24, 2.45) is 0 Å². The summed E-state index contributed by atoms with van der Waals surface area (Å²) in [5.41, 5.74) is 1.26. The van der Waals surface area contributed by atoms with Crippen molar-refractivity contribution in [1.29, 1.82) is 0 Å². The average Bonchev–Trinajstić information content (AvgIpc) is 2.47. The van der Waals surface area contributed by atoms with Crippen molar-refractivity contribution < 1.29 is 4.79 Å². The summed E-state index contributed by atoms with van der Waals surface area (Å²) in [6.45, 7) is 2.46. The van der Waals surface area contributed by atoms with Gasteiger partial charge in [-0.2, -0.15) is 0 Å². The Kier molecular flexibility index (Phi) is 3.58. The fraction of sp³-hybridized carbons (Fsp3) is 0.278. The van der Waals surface area contributed by atoms with Crippen LogP contribution in [0.25, 0.3) is 0 Å². The fourth-order valence-electron chi connectivity index (χ4n) is 3.39. The van der Waals surface area contributed by atoms with Crippen molar-refractivity contribution in [3.05, 3.63) is 60.2 Å². The SMILES string of the molecule is C[Si]1(c2ccccc2)CCCC(=O)Cc2ccccc21. The lowest BCUT2D eigenvalue weighted by Crippen LogP contribution is -2.57. The third-order valence-corrected chi connectivity index (χ3v) is 9.18. The molecule has 0 spiro atoms. The molecule has 2 aromatic rings. The second-order valence-corrected chi connectivity index (χ2v) is 10.2. The van der Waals surface area contributed by atoms with Gasteiger partial charge in [0, 0.05) is 12.8 Å². The predicted octanol–water partition coefficient (Wildman–Crippen LogP) is 2.78. The van der Waals surface area contributed by atoms with Crippen LogP contribution in [0, 0.1) is 0 Å². The minimum atomic E-state index is -1.70. The van der Waals surface area contributed by atoms with Gasteiger partial charge in [0.25, 0.3) is 0 Å². The fourth-order valence-corrected chi connectivity index (χ4v) is 7.42. The minimum absolute atomic E-state index is 0.390. The Labute approximate surface area is 121 Å². The molecule has 1 unspecified atom stereocenters. The van der Waals surface area contributed by atoms with Gasteiger partial charge in [0.1, 0.15) is 13.9 Å². The highest BCUT2D eigenvalue weighted by atomic mass is 28.3. The zero-order valence-electron chi connectivity index (χ0n) is 11.9. The van der Waals surface area contributed by atoms with Gasteiger partial charge in [-0.1, -0.05) is 71.5 Å². The molecule has 1 aliphatic heterocycles. The molecule has 1 nitrogen and oxygen atoms in total. The number of hydrogen-bond acceptors (Lipinski definition) is 1. The van der Waals surface area contributed by atoms with E-state index in [0.717, 1.165) is 12.8 Å². The lowest BCUT2D eigenvalue weighted by molar-refractivity contribution is -0.118. The highest BCUT2D eigenvalue weighted by Gasteiger charge is 2.34. The molecule has 0 aliphatic carbocycles. The van der Waals surface area contributed by atoms with Gasteiger partial charge in [0.15, 0.2) is 0 Å². The van der Waals surface area contributed by atoms with Crippen LogP contribution in [0.5, 0.6) is 0 Å². The third-order valence-electron chi connectivity index (χ3n) is 4.54. The highest BCUT2D eigenvalue weighted by molar-refractivity contribution is 7.01. The van der Waals surface area contributed by atoms with Crippen LogP contribution < -0.4 is 10.4 Å². The normalized spacial score (nSPS) is 22.8. The quantitative estimate of drug-likeness (QED) is 0.734. The smallest absolute Gasteiger partial charge is 0.137 e. The number of ketones is 1. The topological polar surface area (TPSA) is 17.1 Å². The monoisotopic (exact) mass is 280 g/mol. The van der Waals surface area contributed by atoms with Gasteiger partial charge >= 0.3 is 0 Å². The van der Waals surface area contributed by atoms with Gasteiger partial charge in [-0.25, -0.2) is 0 Å². The van der Waals surface area contributed by atoms with E-state index in [1.54, 1.807) is 0 Å². The maximum Gasteiger partial charge on any atom is 0.137 e. The number of carbonyl (C=O) groups excluding carboxylic acids is 1. The molecule has 0 fully saturated rings. The molecule has 0 amide bonds. The first-order valence-corrected chi connectivity index (χ1v) is 10.1. The summed E-state index contributed by atoms with van der Waals surface area (Å²) in [4.78, 5) is 12.0. The van der Waals surface area contributed by atoms with Crippen molar-refractivity contribution in [2.45, 2.75) is 31.9 Å². The Morgan fingerprint density at radius 2 is 1.65 bits per heavy atom. The molecule has 3 rings (SSSR count).